The zero-order chi connectivity index (χ0) is 15.4. The maximum absolute atomic E-state index is 12.0. The number of carbonyl (C=O) groups is 1. The molecule has 0 fully saturated rings. The molecular formula is C15H14BrClN2OS. The van der Waals surface area contributed by atoms with Gasteiger partial charge in [-0.1, -0.05) is 27.5 Å². The van der Waals surface area contributed by atoms with Crippen molar-refractivity contribution in [1.29, 1.82) is 0 Å². The van der Waals surface area contributed by atoms with Gasteiger partial charge in [0.1, 0.15) is 0 Å². The number of aryl methyl sites for hydroxylation is 1. The highest BCUT2D eigenvalue weighted by atomic mass is 79.9. The van der Waals surface area contributed by atoms with Gasteiger partial charge in [-0.15, -0.1) is 11.8 Å². The normalized spacial score (nSPS) is 10.4. The van der Waals surface area contributed by atoms with Crippen LogP contribution in [0.4, 0.5) is 11.4 Å². The molecule has 6 heteroatoms. The Bertz CT molecular complexity index is 679. The largest absolute Gasteiger partial charge is 0.399 e. The number of benzene rings is 2. The number of hydrogen-bond acceptors (Lipinski definition) is 3. The molecule has 0 spiro atoms. The Morgan fingerprint density at radius 3 is 2.76 bits per heavy atom. The number of carbonyl (C=O) groups excluding carboxylic acids is 1. The Hall–Kier alpha value is -1.17. The van der Waals surface area contributed by atoms with Crippen LogP contribution in [0.2, 0.25) is 5.02 Å². The van der Waals surface area contributed by atoms with Gasteiger partial charge in [0.2, 0.25) is 5.91 Å². The molecule has 2 aromatic rings. The Morgan fingerprint density at radius 2 is 2.10 bits per heavy atom. The van der Waals surface area contributed by atoms with Crippen molar-refractivity contribution in [3.05, 3.63) is 51.5 Å². The SMILES string of the molecule is Cc1cc(Br)ccc1NC(=O)CSc1ccc(N)cc1Cl. The topological polar surface area (TPSA) is 55.1 Å². The minimum atomic E-state index is -0.0710. The van der Waals surface area contributed by atoms with Crippen molar-refractivity contribution in [2.45, 2.75) is 11.8 Å². The lowest BCUT2D eigenvalue weighted by Gasteiger charge is -2.09. The van der Waals surface area contributed by atoms with Crippen molar-refractivity contribution in [2.24, 2.45) is 0 Å². The Morgan fingerprint density at radius 1 is 1.33 bits per heavy atom. The molecule has 0 aliphatic rings. The van der Waals surface area contributed by atoms with E-state index in [-0.39, 0.29) is 5.91 Å². The van der Waals surface area contributed by atoms with Gasteiger partial charge in [-0.2, -0.15) is 0 Å². The van der Waals surface area contributed by atoms with Crippen LogP contribution < -0.4 is 11.1 Å². The summed E-state index contributed by atoms with van der Waals surface area (Å²) in [5, 5.41) is 3.45. The molecule has 0 aliphatic heterocycles. The third kappa shape index (κ3) is 4.66. The van der Waals surface area contributed by atoms with Gasteiger partial charge in [-0.3, -0.25) is 4.79 Å². The Labute approximate surface area is 141 Å². The molecule has 21 heavy (non-hydrogen) atoms. The lowest BCUT2D eigenvalue weighted by molar-refractivity contribution is -0.113. The van der Waals surface area contributed by atoms with E-state index in [1.165, 1.54) is 11.8 Å². The quantitative estimate of drug-likeness (QED) is 0.591. The predicted molar refractivity (Wildman–Crippen MR) is 94.1 cm³/mol. The summed E-state index contributed by atoms with van der Waals surface area (Å²) < 4.78 is 0.987. The average molecular weight is 386 g/mol. The second-order valence-electron chi connectivity index (χ2n) is 4.49. The van der Waals surface area contributed by atoms with Crippen LogP contribution in [0.1, 0.15) is 5.56 Å². The fourth-order valence-corrected chi connectivity index (χ4v) is 3.28. The summed E-state index contributed by atoms with van der Waals surface area (Å²) in [5.74, 6) is 0.220. The Balaban J connectivity index is 1.96. The highest BCUT2D eigenvalue weighted by Gasteiger charge is 2.08. The number of hydrogen-bond donors (Lipinski definition) is 2. The lowest BCUT2D eigenvalue weighted by atomic mass is 10.2. The minimum absolute atomic E-state index is 0.0710. The summed E-state index contributed by atoms with van der Waals surface area (Å²) in [7, 11) is 0. The minimum Gasteiger partial charge on any atom is -0.399 e. The number of rotatable bonds is 4. The number of nitrogen functional groups attached to an aromatic ring is 1. The van der Waals surface area contributed by atoms with Crippen LogP contribution in [0, 0.1) is 6.92 Å². The number of thioether (sulfide) groups is 1. The van der Waals surface area contributed by atoms with E-state index < -0.39 is 0 Å². The third-order valence-corrected chi connectivity index (χ3v) is 4.77. The molecule has 0 aromatic heterocycles. The van der Waals surface area contributed by atoms with Gasteiger partial charge in [0.05, 0.1) is 10.8 Å². The zero-order valence-corrected chi connectivity index (χ0v) is 14.5. The first kappa shape index (κ1) is 16.2. The molecule has 110 valence electrons. The van der Waals surface area contributed by atoms with Crippen molar-refractivity contribution < 1.29 is 4.79 Å². The summed E-state index contributed by atoms with van der Waals surface area (Å²) in [6.45, 7) is 1.95. The predicted octanol–water partition coefficient (Wildman–Crippen LogP) is 4.72. The van der Waals surface area contributed by atoms with Crippen LogP contribution in [-0.2, 0) is 4.79 Å². The van der Waals surface area contributed by atoms with Crippen molar-refractivity contribution in [3.8, 4) is 0 Å². The van der Waals surface area contributed by atoms with Gasteiger partial charge in [0.15, 0.2) is 0 Å². The summed E-state index contributed by atoms with van der Waals surface area (Å²) in [4.78, 5) is 12.8. The highest BCUT2D eigenvalue weighted by Crippen LogP contribution is 2.29. The molecule has 1 amide bonds. The van der Waals surface area contributed by atoms with E-state index in [1.807, 2.05) is 31.2 Å². The molecule has 0 saturated heterocycles. The molecule has 0 heterocycles. The number of nitrogens with one attached hydrogen (secondary N) is 1. The Kier molecular flexibility index (Phi) is 5.56. The molecule has 0 bridgehead atoms. The van der Waals surface area contributed by atoms with Crippen LogP contribution >= 0.6 is 39.3 Å². The van der Waals surface area contributed by atoms with Gasteiger partial charge in [-0.25, -0.2) is 0 Å². The van der Waals surface area contributed by atoms with E-state index in [1.54, 1.807) is 12.1 Å². The van der Waals surface area contributed by atoms with Crippen LogP contribution in [0.3, 0.4) is 0 Å². The van der Waals surface area contributed by atoms with Gasteiger partial charge >= 0.3 is 0 Å². The summed E-state index contributed by atoms with van der Waals surface area (Å²) in [6, 6.07) is 11.0. The molecule has 0 radical (unpaired) electrons. The number of nitrogens with two attached hydrogens (primary N) is 1. The standard InChI is InChI=1S/C15H14BrClN2OS/c1-9-6-10(16)2-4-13(9)19-15(20)8-21-14-5-3-11(18)7-12(14)17/h2-7H,8,18H2,1H3,(H,19,20). The fourth-order valence-electron chi connectivity index (χ4n) is 1.73. The molecule has 2 rings (SSSR count). The first-order valence-corrected chi connectivity index (χ1v) is 8.35. The third-order valence-electron chi connectivity index (χ3n) is 2.78. The molecule has 0 saturated carbocycles. The lowest BCUT2D eigenvalue weighted by Crippen LogP contribution is -2.14. The van der Waals surface area contributed by atoms with E-state index in [0.717, 1.165) is 20.6 Å². The van der Waals surface area contributed by atoms with Crippen LogP contribution in [-0.4, -0.2) is 11.7 Å². The molecular weight excluding hydrogens is 372 g/mol. The van der Waals surface area contributed by atoms with E-state index in [9.17, 15) is 4.79 Å². The second kappa shape index (κ2) is 7.20. The van der Waals surface area contributed by atoms with Crippen LogP contribution in [0.15, 0.2) is 45.8 Å². The maximum atomic E-state index is 12.0. The van der Waals surface area contributed by atoms with Gasteiger partial charge in [0.25, 0.3) is 0 Å². The van der Waals surface area contributed by atoms with E-state index in [4.69, 9.17) is 17.3 Å². The maximum Gasteiger partial charge on any atom is 0.234 e. The van der Waals surface area contributed by atoms with E-state index >= 15 is 0 Å². The van der Waals surface area contributed by atoms with Crippen molar-refractivity contribution in [3.63, 3.8) is 0 Å². The number of halogens is 2. The molecule has 3 N–H and O–H groups in total. The van der Waals surface area contributed by atoms with Crippen molar-refractivity contribution in [1.82, 2.24) is 0 Å². The van der Waals surface area contributed by atoms with Gasteiger partial charge in [0, 0.05) is 20.7 Å². The van der Waals surface area contributed by atoms with Crippen LogP contribution in [0.5, 0.6) is 0 Å². The molecule has 0 unspecified atom stereocenters. The molecule has 2 aromatic carbocycles. The monoisotopic (exact) mass is 384 g/mol. The van der Waals surface area contributed by atoms with Gasteiger partial charge in [-0.05, 0) is 48.9 Å². The zero-order valence-electron chi connectivity index (χ0n) is 11.3. The summed E-state index contributed by atoms with van der Waals surface area (Å²) >= 11 is 10.9. The van der Waals surface area contributed by atoms with Crippen molar-refractivity contribution >= 4 is 56.6 Å². The molecule has 0 aliphatic carbocycles. The van der Waals surface area contributed by atoms with E-state index in [0.29, 0.717) is 16.5 Å². The number of amides is 1. The fraction of sp³-hybridized carbons (Fsp3) is 0.133. The smallest absolute Gasteiger partial charge is 0.234 e. The summed E-state index contributed by atoms with van der Waals surface area (Å²) in [5.41, 5.74) is 8.07. The van der Waals surface area contributed by atoms with Crippen molar-refractivity contribution in [2.75, 3.05) is 16.8 Å². The number of anilines is 2. The highest BCUT2D eigenvalue weighted by molar-refractivity contribution is 9.10. The first-order valence-electron chi connectivity index (χ1n) is 6.19. The molecule has 3 nitrogen and oxygen atoms in total. The first-order chi connectivity index (χ1) is 9.95. The molecule has 0 atom stereocenters. The van der Waals surface area contributed by atoms with E-state index in [2.05, 4.69) is 21.2 Å². The van der Waals surface area contributed by atoms with Gasteiger partial charge < -0.3 is 11.1 Å². The second-order valence-corrected chi connectivity index (χ2v) is 6.83. The average Bonchev–Trinajstić information content (AvgIpc) is 2.41. The van der Waals surface area contributed by atoms with Crippen LogP contribution in [0.25, 0.3) is 0 Å². The summed E-state index contributed by atoms with van der Waals surface area (Å²) in [6.07, 6.45) is 0.